The first-order chi connectivity index (χ1) is 8.99. The maximum atomic E-state index is 12.5. The summed E-state index contributed by atoms with van der Waals surface area (Å²) in [6.45, 7) is 4.69. The van der Waals surface area contributed by atoms with E-state index < -0.39 is 0 Å². The zero-order chi connectivity index (χ0) is 14.0. The quantitative estimate of drug-likeness (QED) is 0.934. The van der Waals surface area contributed by atoms with Gasteiger partial charge in [-0.2, -0.15) is 11.3 Å². The van der Waals surface area contributed by atoms with Crippen molar-refractivity contribution in [3.05, 3.63) is 40.3 Å². The third kappa shape index (κ3) is 2.98. The summed E-state index contributed by atoms with van der Waals surface area (Å²) in [5, 5.41) is 4.07. The molecule has 0 aliphatic carbocycles. The van der Waals surface area contributed by atoms with Crippen LogP contribution < -0.4 is 5.73 Å². The van der Waals surface area contributed by atoms with Gasteiger partial charge in [-0.15, -0.1) is 0 Å². The van der Waals surface area contributed by atoms with Crippen molar-refractivity contribution in [3.8, 4) is 0 Å². The minimum atomic E-state index is -0.00315. The molecule has 19 heavy (non-hydrogen) atoms. The minimum absolute atomic E-state index is 0.00315. The summed E-state index contributed by atoms with van der Waals surface area (Å²) in [6.07, 6.45) is 1.82. The molecule has 0 unspecified atom stereocenters. The Morgan fingerprint density at radius 3 is 2.84 bits per heavy atom. The number of carbonyl (C=O) groups is 1. The molecule has 0 aliphatic rings. The van der Waals surface area contributed by atoms with Crippen LogP contribution in [0.5, 0.6) is 0 Å². The van der Waals surface area contributed by atoms with E-state index in [4.69, 9.17) is 5.73 Å². The molecule has 2 heterocycles. The Bertz CT molecular complexity index is 557. The second-order valence-corrected chi connectivity index (χ2v) is 5.73. The number of carbonyl (C=O) groups excluding carboxylic acids is 1. The fourth-order valence-corrected chi connectivity index (χ4v) is 2.68. The standard InChI is InChI=1S/C14H19N3OS/c1-10(2)17-8-12(15)6-13(17)14(18)16(3)7-11-4-5-19-9-11/h4-6,8-10H,7,15H2,1-3H3. The average Bonchev–Trinajstić information content (AvgIpc) is 2.97. The summed E-state index contributed by atoms with van der Waals surface area (Å²) in [6, 6.07) is 3.99. The molecule has 0 radical (unpaired) electrons. The molecule has 5 heteroatoms. The van der Waals surface area contributed by atoms with Crippen LogP contribution in [0.2, 0.25) is 0 Å². The van der Waals surface area contributed by atoms with E-state index in [9.17, 15) is 4.79 Å². The molecule has 2 aromatic heterocycles. The van der Waals surface area contributed by atoms with Crippen molar-refractivity contribution in [2.45, 2.75) is 26.4 Å². The lowest BCUT2D eigenvalue weighted by molar-refractivity contribution is 0.0773. The highest BCUT2D eigenvalue weighted by atomic mass is 32.1. The van der Waals surface area contributed by atoms with Crippen LogP contribution in [-0.2, 0) is 6.54 Å². The van der Waals surface area contributed by atoms with Gasteiger partial charge in [0.1, 0.15) is 5.69 Å². The van der Waals surface area contributed by atoms with Gasteiger partial charge in [-0.25, -0.2) is 0 Å². The molecule has 0 saturated carbocycles. The molecular formula is C14H19N3OS. The van der Waals surface area contributed by atoms with Gasteiger partial charge in [0.15, 0.2) is 0 Å². The first-order valence-electron chi connectivity index (χ1n) is 6.23. The summed E-state index contributed by atoms with van der Waals surface area (Å²) in [4.78, 5) is 14.2. The van der Waals surface area contributed by atoms with Crippen LogP contribution in [-0.4, -0.2) is 22.4 Å². The third-order valence-corrected chi connectivity index (χ3v) is 3.72. The van der Waals surface area contributed by atoms with Gasteiger partial charge >= 0.3 is 0 Å². The van der Waals surface area contributed by atoms with E-state index >= 15 is 0 Å². The molecule has 2 N–H and O–H groups in total. The van der Waals surface area contributed by atoms with E-state index in [-0.39, 0.29) is 11.9 Å². The summed E-state index contributed by atoms with van der Waals surface area (Å²) in [5.41, 5.74) is 8.22. The molecule has 0 aromatic carbocycles. The van der Waals surface area contributed by atoms with E-state index in [1.807, 2.05) is 43.1 Å². The molecule has 102 valence electrons. The predicted molar refractivity (Wildman–Crippen MR) is 79.3 cm³/mol. The second kappa shape index (κ2) is 5.48. The lowest BCUT2D eigenvalue weighted by atomic mass is 10.3. The molecular weight excluding hydrogens is 258 g/mol. The zero-order valence-corrected chi connectivity index (χ0v) is 12.3. The second-order valence-electron chi connectivity index (χ2n) is 4.95. The summed E-state index contributed by atoms with van der Waals surface area (Å²) in [5.74, 6) is -0.00315. The summed E-state index contributed by atoms with van der Waals surface area (Å²) in [7, 11) is 1.81. The highest BCUT2D eigenvalue weighted by molar-refractivity contribution is 7.07. The number of nitrogens with two attached hydrogens (primary N) is 1. The van der Waals surface area contributed by atoms with Gasteiger partial charge in [-0.05, 0) is 42.3 Å². The number of hydrogen-bond acceptors (Lipinski definition) is 3. The molecule has 0 aliphatic heterocycles. The summed E-state index contributed by atoms with van der Waals surface area (Å²) < 4.78 is 1.92. The van der Waals surface area contributed by atoms with E-state index in [0.29, 0.717) is 17.9 Å². The molecule has 0 fully saturated rings. The molecule has 0 spiro atoms. The van der Waals surface area contributed by atoms with Gasteiger partial charge in [0.05, 0.1) is 5.69 Å². The van der Waals surface area contributed by atoms with Crippen molar-refractivity contribution < 1.29 is 4.79 Å². The van der Waals surface area contributed by atoms with Crippen LogP contribution >= 0.6 is 11.3 Å². The molecule has 1 amide bonds. The number of nitrogens with zero attached hydrogens (tertiary/aromatic N) is 2. The Balaban J connectivity index is 2.19. The Kier molecular flexibility index (Phi) is 3.95. The van der Waals surface area contributed by atoms with Gasteiger partial charge in [-0.3, -0.25) is 4.79 Å². The van der Waals surface area contributed by atoms with Crippen molar-refractivity contribution in [1.82, 2.24) is 9.47 Å². The van der Waals surface area contributed by atoms with Crippen LogP contribution in [0.15, 0.2) is 29.1 Å². The van der Waals surface area contributed by atoms with Crippen molar-refractivity contribution in [1.29, 1.82) is 0 Å². The monoisotopic (exact) mass is 277 g/mol. The molecule has 0 atom stereocenters. The Hall–Kier alpha value is -1.75. The van der Waals surface area contributed by atoms with Gasteiger partial charge in [0.2, 0.25) is 0 Å². The minimum Gasteiger partial charge on any atom is -0.397 e. The van der Waals surface area contributed by atoms with Crippen LogP contribution in [0.25, 0.3) is 0 Å². The third-order valence-electron chi connectivity index (χ3n) is 2.99. The molecule has 0 saturated heterocycles. The Morgan fingerprint density at radius 1 is 1.53 bits per heavy atom. The van der Waals surface area contributed by atoms with Crippen LogP contribution in [0.4, 0.5) is 5.69 Å². The normalized spacial score (nSPS) is 10.9. The highest BCUT2D eigenvalue weighted by Gasteiger charge is 2.18. The van der Waals surface area contributed by atoms with E-state index in [0.717, 1.165) is 5.56 Å². The van der Waals surface area contributed by atoms with Crippen molar-refractivity contribution in [2.24, 2.45) is 0 Å². The average molecular weight is 277 g/mol. The number of aromatic nitrogens is 1. The first-order valence-corrected chi connectivity index (χ1v) is 7.17. The summed E-state index contributed by atoms with van der Waals surface area (Å²) >= 11 is 1.64. The fourth-order valence-electron chi connectivity index (χ4n) is 2.02. The Morgan fingerprint density at radius 2 is 2.26 bits per heavy atom. The van der Waals surface area contributed by atoms with Crippen molar-refractivity contribution in [2.75, 3.05) is 12.8 Å². The highest BCUT2D eigenvalue weighted by Crippen LogP contribution is 2.19. The van der Waals surface area contributed by atoms with Crippen molar-refractivity contribution in [3.63, 3.8) is 0 Å². The smallest absolute Gasteiger partial charge is 0.270 e. The van der Waals surface area contributed by atoms with E-state index in [1.54, 1.807) is 22.3 Å². The topological polar surface area (TPSA) is 51.3 Å². The number of hydrogen-bond donors (Lipinski definition) is 1. The van der Waals surface area contributed by atoms with Gasteiger partial charge in [-0.1, -0.05) is 0 Å². The SMILES string of the molecule is CC(C)n1cc(N)cc1C(=O)N(C)Cc1ccsc1. The molecule has 4 nitrogen and oxygen atoms in total. The van der Waals surface area contributed by atoms with Gasteiger partial charge < -0.3 is 15.2 Å². The first kappa shape index (κ1) is 13.7. The number of nitrogen functional groups attached to an aromatic ring is 1. The largest absolute Gasteiger partial charge is 0.397 e. The van der Waals surface area contributed by atoms with Gasteiger partial charge in [0.25, 0.3) is 5.91 Å². The Labute approximate surface area is 117 Å². The number of amides is 1. The maximum absolute atomic E-state index is 12.5. The number of anilines is 1. The predicted octanol–water partition coefficient (Wildman–Crippen LogP) is 2.98. The number of rotatable bonds is 4. The molecule has 0 bridgehead atoms. The van der Waals surface area contributed by atoms with Gasteiger partial charge in [0, 0.05) is 25.8 Å². The van der Waals surface area contributed by atoms with Crippen molar-refractivity contribution >= 4 is 22.9 Å². The van der Waals surface area contributed by atoms with Crippen LogP contribution in [0.3, 0.4) is 0 Å². The fraction of sp³-hybridized carbons (Fsp3) is 0.357. The number of thiophene rings is 1. The van der Waals surface area contributed by atoms with Crippen LogP contribution in [0.1, 0.15) is 35.9 Å². The molecule has 2 aromatic rings. The van der Waals surface area contributed by atoms with Crippen LogP contribution in [0, 0.1) is 0 Å². The lowest BCUT2D eigenvalue weighted by Gasteiger charge is -2.19. The van der Waals surface area contributed by atoms with E-state index in [1.165, 1.54) is 0 Å². The maximum Gasteiger partial charge on any atom is 0.270 e. The lowest BCUT2D eigenvalue weighted by Crippen LogP contribution is -2.28. The van der Waals surface area contributed by atoms with E-state index in [2.05, 4.69) is 5.38 Å². The molecule has 2 rings (SSSR count). The zero-order valence-electron chi connectivity index (χ0n) is 11.5.